The van der Waals surface area contributed by atoms with Gasteiger partial charge in [-0.25, -0.2) is 14.4 Å². The van der Waals surface area contributed by atoms with E-state index in [4.69, 9.17) is 8.83 Å². The van der Waals surface area contributed by atoms with Crippen LogP contribution < -0.4 is 4.90 Å². The van der Waals surface area contributed by atoms with Gasteiger partial charge in [0.05, 0.1) is 18.2 Å². The molecular weight excluding hydrogens is 387 g/mol. The van der Waals surface area contributed by atoms with Crippen LogP contribution in [-0.2, 0) is 6.42 Å². The van der Waals surface area contributed by atoms with E-state index in [2.05, 4.69) is 25.1 Å². The number of para-hydroxylation sites is 1. The molecule has 1 aromatic carbocycles. The number of hydrogen-bond acceptors (Lipinski definition) is 7. The molecule has 1 aliphatic rings. The number of rotatable bonds is 3. The van der Waals surface area contributed by atoms with Crippen LogP contribution in [0.1, 0.15) is 23.2 Å². The monoisotopic (exact) mass is 402 g/mol. The largest absolute Gasteiger partial charge is 0.458 e. The lowest BCUT2D eigenvalue weighted by Crippen LogP contribution is -2.36. The van der Waals surface area contributed by atoms with Crippen molar-refractivity contribution in [3.05, 3.63) is 78.0 Å². The van der Waals surface area contributed by atoms with Crippen LogP contribution >= 0.6 is 0 Å². The second-order valence-electron chi connectivity index (χ2n) is 7.05. The molecule has 6 rings (SSSR count). The van der Waals surface area contributed by atoms with Crippen LogP contribution in [0.5, 0.6) is 0 Å². The Balaban J connectivity index is 1.43. The Morgan fingerprint density at radius 1 is 1.07 bits per heavy atom. The fourth-order valence-electron chi connectivity index (χ4n) is 3.85. The van der Waals surface area contributed by atoms with Crippen molar-refractivity contribution >= 4 is 17.0 Å². The van der Waals surface area contributed by atoms with E-state index >= 15 is 0 Å². The highest BCUT2D eigenvalue weighted by Gasteiger charge is 2.36. The Bertz CT molecular complexity index is 1310. The first kappa shape index (κ1) is 16.9. The lowest BCUT2D eigenvalue weighted by molar-refractivity contribution is 0.453. The topological polar surface area (TPSA) is 96.9 Å². The van der Waals surface area contributed by atoms with Crippen LogP contribution in [0.2, 0.25) is 0 Å². The third-order valence-electron chi connectivity index (χ3n) is 5.25. The van der Waals surface area contributed by atoms with Gasteiger partial charge in [-0.3, -0.25) is 0 Å². The maximum Gasteiger partial charge on any atom is 0.319 e. The Kier molecular flexibility index (Phi) is 3.67. The van der Waals surface area contributed by atoms with Gasteiger partial charge in [-0.15, -0.1) is 5.10 Å². The van der Waals surface area contributed by atoms with Crippen LogP contribution in [0.25, 0.3) is 22.6 Å². The molecule has 148 valence electrons. The minimum Gasteiger partial charge on any atom is -0.458 e. The zero-order valence-corrected chi connectivity index (χ0v) is 15.6. The number of furan rings is 1. The number of pyridine rings is 1. The number of halogens is 1. The van der Waals surface area contributed by atoms with Gasteiger partial charge in [-0.05, 0) is 24.3 Å². The lowest BCUT2D eigenvalue weighted by Gasteiger charge is -2.31. The van der Waals surface area contributed by atoms with E-state index < -0.39 is 5.82 Å². The predicted molar refractivity (Wildman–Crippen MR) is 105 cm³/mol. The summed E-state index contributed by atoms with van der Waals surface area (Å²) in [6.45, 7) is 0.634. The molecule has 0 saturated carbocycles. The summed E-state index contributed by atoms with van der Waals surface area (Å²) in [5.41, 5.74) is 3.13. The minimum absolute atomic E-state index is 0.223. The van der Waals surface area contributed by atoms with Crippen LogP contribution in [0.4, 0.5) is 10.4 Å². The van der Waals surface area contributed by atoms with E-state index in [9.17, 15) is 4.39 Å². The van der Waals surface area contributed by atoms with Crippen molar-refractivity contribution in [3.63, 3.8) is 0 Å². The summed E-state index contributed by atoms with van der Waals surface area (Å²) >= 11 is 0. The Hall–Kier alpha value is -4.01. The smallest absolute Gasteiger partial charge is 0.319 e. The highest BCUT2D eigenvalue weighted by atomic mass is 19.1. The van der Waals surface area contributed by atoms with E-state index in [-0.39, 0.29) is 11.9 Å². The van der Waals surface area contributed by atoms with E-state index in [0.717, 1.165) is 40.7 Å². The van der Waals surface area contributed by atoms with E-state index in [0.29, 0.717) is 18.3 Å². The van der Waals surface area contributed by atoms with Crippen molar-refractivity contribution in [2.45, 2.75) is 12.5 Å². The highest BCUT2D eigenvalue weighted by molar-refractivity contribution is 5.78. The Labute approximate surface area is 169 Å². The number of hydrogen-bond donors (Lipinski definition) is 1. The summed E-state index contributed by atoms with van der Waals surface area (Å²) in [4.78, 5) is 13.7. The molecule has 30 heavy (non-hydrogen) atoms. The standard InChI is InChI=1S/C21H15FN6O2/c22-13-5-6-15(23-10-13)20-26-27-21(30-20)28-8-7-14-18(25-11-24-14)19(28)17-9-12-3-1-2-4-16(12)29-17/h1-6,9-11,19H,7-8H2,(H,24,25)/t19-/m1/s1. The summed E-state index contributed by atoms with van der Waals surface area (Å²) in [6, 6.07) is 12.7. The van der Waals surface area contributed by atoms with Gasteiger partial charge >= 0.3 is 6.01 Å². The second kappa shape index (κ2) is 6.51. The zero-order valence-electron chi connectivity index (χ0n) is 15.6. The van der Waals surface area contributed by atoms with E-state index in [1.54, 1.807) is 6.33 Å². The third kappa shape index (κ3) is 2.66. The van der Waals surface area contributed by atoms with Crippen LogP contribution in [0.15, 0.2) is 63.8 Å². The number of aromatic nitrogens is 5. The van der Waals surface area contributed by atoms with Crippen molar-refractivity contribution in [2.75, 3.05) is 11.4 Å². The quantitative estimate of drug-likeness (QED) is 0.489. The summed E-state index contributed by atoms with van der Waals surface area (Å²) in [7, 11) is 0. The number of H-pyrrole nitrogens is 1. The molecule has 0 fully saturated rings. The molecule has 8 nitrogen and oxygen atoms in total. The third-order valence-corrected chi connectivity index (χ3v) is 5.25. The average molecular weight is 402 g/mol. The molecule has 0 saturated heterocycles. The predicted octanol–water partition coefficient (Wildman–Crippen LogP) is 3.89. The summed E-state index contributed by atoms with van der Waals surface area (Å²) in [6.07, 6.45) is 3.55. The molecular formula is C21H15FN6O2. The fraction of sp³-hybridized carbons (Fsp3) is 0.143. The molecule has 0 aliphatic carbocycles. The molecule has 0 amide bonds. The van der Waals surface area contributed by atoms with Crippen molar-refractivity contribution in [1.29, 1.82) is 0 Å². The Morgan fingerprint density at radius 2 is 2.00 bits per heavy atom. The normalized spacial score (nSPS) is 16.2. The first-order valence-corrected chi connectivity index (χ1v) is 9.49. The highest BCUT2D eigenvalue weighted by Crippen LogP contribution is 2.39. The number of nitrogens with zero attached hydrogens (tertiary/aromatic N) is 5. The molecule has 9 heteroatoms. The molecule has 0 unspecified atom stereocenters. The van der Waals surface area contributed by atoms with Gasteiger partial charge in [0.25, 0.3) is 5.89 Å². The summed E-state index contributed by atoms with van der Waals surface area (Å²) in [5, 5.41) is 9.34. The molecule has 0 radical (unpaired) electrons. The number of imidazole rings is 1. The zero-order chi connectivity index (χ0) is 20.1. The molecule has 0 bridgehead atoms. The number of benzene rings is 1. The number of fused-ring (bicyclic) bond motifs is 2. The first-order chi connectivity index (χ1) is 14.8. The first-order valence-electron chi connectivity index (χ1n) is 9.49. The van der Waals surface area contributed by atoms with E-state index in [1.165, 1.54) is 12.1 Å². The van der Waals surface area contributed by atoms with E-state index in [1.807, 2.05) is 35.2 Å². The Morgan fingerprint density at radius 3 is 2.87 bits per heavy atom. The molecule has 5 aromatic rings. The fourth-order valence-corrected chi connectivity index (χ4v) is 3.85. The number of aromatic amines is 1. The maximum absolute atomic E-state index is 13.2. The molecule has 1 aliphatic heterocycles. The van der Waals surface area contributed by atoms with Crippen molar-refractivity contribution in [1.82, 2.24) is 25.1 Å². The van der Waals surface area contributed by atoms with Gasteiger partial charge in [0.2, 0.25) is 0 Å². The lowest BCUT2D eigenvalue weighted by atomic mass is 10.0. The van der Waals surface area contributed by atoms with Gasteiger partial charge in [0.1, 0.15) is 28.9 Å². The summed E-state index contributed by atoms with van der Waals surface area (Å²) in [5.74, 6) is 0.538. The van der Waals surface area contributed by atoms with Gasteiger partial charge in [0.15, 0.2) is 0 Å². The van der Waals surface area contributed by atoms with Gasteiger partial charge in [-0.2, -0.15) is 0 Å². The maximum atomic E-state index is 13.2. The minimum atomic E-state index is -0.425. The molecule has 1 N–H and O–H groups in total. The van der Waals surface area contributed by atoms with Gasteiger partial charge < -0.3 is 18.7 Å². The molecule has 4 aromatic heterocycles. The number of nitrogens with one attached hydrogen (secondary N) is 1. The SMILES string of the molecule is Fc1ccc(-c2nnc(N3CCc4[nH]cnc4[C@H]3c3cc4ccccc4o3)o2)nc1. The second-order valence-corrected chi connectivity index (χ2v) is 7.05. The van der Waals surface area contributed by atoms with Crippen LogP contribution in [0.3, 0.4) is 0 Å². The van der Waals surface area contributed by atoms with Crippen LogP contribution in [-0.4, -0.2) is 31.7 Å². The van der Waals surface area contributed by atoms with Crippen molar-refractivity contribution < 1.29 is 13.2 Å². The summed E-state index contributed by atoms with van der Waals surface area (Å²) < 4.78 is 25.2. The molecule has 0 spiro atoms. The average Bonchev–Trinajstić information content (AvgIpc) is 3.51. The van der Waals surface area contributed by atoms with Gasteiger partial charge in [0, 0.05) is 24.0 Å². The molecule has 1 atom stereocenters. The van der Waals surface area contributed by atoms with Crippen molar-refractivity contribution in [3.8, 4) is 11.6 Å². The van der Waals surface area contributed by atoms with Gasteiger partial charge in [-0.1, -0.05) is 23.3 Å². The number of anilines is 1. The molecule has 5 heterocycles. The van der Waals surface area contributed by atoms with Crippen molar-refractivity contribution in [2.24, 2.45) is 0 Å². The van der Waals surface area contributed by atoms with Crippen LogP contribution in [0, 0.1) is 5.82 Å².